The van der Waals surface area contributed by atoms with Crippen LogP contribution in [0.5, 0.6) is 0 Å². The van der Waals surface area contributed by atoms with E-state index in [0.29, 0.717) is 19.6 Å². The van der Waals surface area contributed by atoms with Gasteiger partial charge in [0.15, 0.2) is 0 Å². The zero-order valence-corrected chi connectivity index (χ0v) is 15.8. The van der Waals surface area contributed by atoms with Crippen molar-refractivity contribution in [2.75, 3.05) is 50.8 Å². The minimum Gasteiger partial charge on any atom is -0.395 e. The lowest BCUT2D eigenvalue weighted by atomic mass is 10.2. The van der Waals surface area contributed by atoms with Crippen molar-refractivity contribution in [3.05, 3.63) is 18.6 Å². The lowest BCUT2D eigenvalue weighted by Crippen LogP contribution is -2.60. The molecule has 0 bridgehead atoms. The van der Waals surface area contributed by atoms with Crippen LogP contribution in [0.4, 0.5) is 5.82 Å². The van der Waals surface area contributed by atoms with Crippen molar-refractivity contribution in [1.29, 1.82) is 0 Å². The maximum atomic E-state index is 13.1. The second kappa shape index (κ2) is 6.99. The molecular weight excluding hydrogens is 372 g/mol. The van der Waals surface area contributed by atoms with Crippen molar-refractivity contribution in [3.63, 3.8) is 0 Å². The number of nitrogens with zero attached hydrogens (tertiary/aromatic N) is 5. The summed E-state index contributed by atoms with van der Waals surface area (Å²) < 4.78 is 28.9. The zero-order chi connectivity index (χ0) is 19.1. The van der Waals surface area contributed by atoms with E-state index in [4.69, 9.17) is 0 Å². The normalized spacial score (nSPS) is 20.0. The van der Waals surface area contributed by atoms with Crippen LogP contribution in [0.15, 0.2) is 18.6 Å². The van der Waals surface area contributed by atoms with Crippen molar-refractivity contribution >= 4 is 27.1 Å². The number of piperazine rings is 1. The van der Waals surface area contributed by atoms with Gasteiger partial charge < -0.3 is 20.1 Å². The molecule has 0 radical (unpaired) electrons. The number of aliphatic hydroxyl groups is 2. The topological polar surface area (TPSA) is 126 Å². The number of aromatic amines is 1. The Morgan fingerprint density at radius 3 is 2.59 bits per heavy atom. The van der Waals surface area contributed by atoms with E-state index in [1.54, 1.807) is 4.31 Å². The van der Waals surface area contributed by atoms with Gasteiger partial charge in [-0.3, -0.25) is 0 Å². The summed E-state index contributed by atoms with van der Waals surface area (Å²) in [7, 11) is -3.75. The Hall–Kier alpha value is -1.79. The van der Waals surface area contributed by atoms with Crippen molar-refractivity contribution in [1.82, 2.24) is 23.6 Å². The van der Waals surface area contributed by atoms with Crippen LogP contribution in [0.25, 0.3) is 11.0 Å². The lowest BCUT2D eigenvalue weighted by Gasteiger charge is -2.43. The summed E-state index contributed by atoms with van der Waals surface area (Å²) in [5, 5.41) is 19.3. The number of hydrogen-bond donors (Lipinski definition) is 3. The SMILES string of the molecule is O=S(=O)(N(CCO)CCO)N1CCN(c2ncnc3[nH]ccc23)CC12CC2. The van der Waals surface area contributed by atoms with Crippen LogP contribution in [-0.2, 0) is 10.2 Å². The summed E-state index contributed by atoms with van der Waals surface area (Å²) in [5.41, 5.74) is 0.311. The van der Waals surface area contributed by atoms with Gasteiger partial charge in [-0.1, -0.05) is 0 Å². The summed E-state index contributed by atoms with van der Waals surface area (Å²) >= 11 is 0. The minimum atomic E-state index is -3.75. The van der Waals surface area contributed by atoms with E-state index < -0.39 is 15.7 Å². The van der Waals surface area contributed by atoms with Gasteiger partial charge in [0.1, 0.15) is 17.8 Å². The predicted octanol–water partition coefficient (Wildman–Crippen LogP) is -0.856. The smallest absolute Gasteiger partial charge is 0.282 e. The fraction of sp³-hybridized carbons (Fsp3) is 0.625. The van der Waals surface area contributed by atoms with Gasteiger partial charge in [0, 0.05) is 38.9 Å². The highest BCUT2D eigenvalue weighted by molar-refractivity contribution is 7.86. The van der Waals surface area contributed by atoms with Crippen LogP contribution in [0.2, 0.25) is 0 Å². The molecular formula is C16H24N6O4S. The molecule has 3 heterocycles. The lowest BCUT2D eigenvalue weighted by molar-refractivity contribution is 0.194. The van der Waals surface area contributed by atoms with Crippen LogP contribution in [0, 0.1) is 0 Å². The average Bonchev–Trinajstić information content (AvgIpc) is 3.23. The summed E-state index contributed by atoms with van der Waals surface area (Å²) in [6.07, 6.45) is 4.91. The summed E-state index contributed by atoms with van der Waals surface area (Å²) in [4.78, 5) is 13.8. The third-order valence-corrected chi connectivity index (χ3v) is 7.50. The van der Waals surface area contributed by atoms with Crippen molar-refractivity contribution in [2.24, 2.45) is 0 Å². The van der Waals surface area contributed by atoms with E-state index in [1.807, 2.05) is 12.3 Å². The van der Waals surface area contributed by atoms with Gasteiger partial charge in [-0.05, 0) is 18.9 Å². The third-order valence-electron chi connectivity index (χ3n) is 5.35. The molecule has 3 N–H and O–H groups in total. The van der Waals surface area contributed by atoms with E-state index in [0.717, 1.165) is 34.0 Å². The van der Waals surface area contributed by atoms with Crippen molar-refractivity contribution in [2.45, 2.75) is 18.4 Å². The van der Waals surface area contributed by atoms with Gasteiger partial charge in [0.2, 0.25) is 0 Å². The summed E-state index contributed by atoms with van der Waals surface area (Å²) in [5.74, 6) is 0.812. The van der Waals surface area contributed by atoms with Crippen LogP contribution in [-0.4, -0.2) is 93.7 Å². The molecule has 1 aliphatic heterocycles. The number of aliphatic hydroxyl groups excluding tert-OH is 2. The van der Waals surface area contributed by atoms with E-state index >= 15 is 0 Å². The second-order valence-electron chi connectivity index (χ2n) is 7.01. The molecule has 1 aliphatic carbocycles. The Labute approximate surface area is 157 Å². The molecule has 2 aromatic heterocycles. The van der Waals surface area contributed by atoms with E-state index in [2.05, 4.69) is 19.9 Å². The number of hydrogen-bond acceptors (Lipinski definition) is 7. The Morgan fingerprint density at radius 1 is 1.19 bits per heavy atom. The maximum Gasteiger partial charge on any atom is 0.282 e. The molecule has 10 nitrogen and oxygen atoms in total. The number of anilines is 1. The largest absolute Gasteiger partial charge is 0.395 e. The number of nitrogens with one attached hydrogen (secondary N) is 1. The van der Waals surface area contributed by atoms with Crippen LogP contribution < -0.4 is 4.90 Å². The third kappa shape index (κ3) is 3.19. The molecule has 2 aliphatic rings. The first-order valence-corrected chi connectivity index (χ1v) is 10.4. The van der Waals surface area contributed by atoms with E-state index in [1.165, 1.54) is 6.33 Å². The summed E-state index contributed by atoms with van der Waals surface area (Å²) in [6.45, 7) is 0.826. The molecule has 27 heavy (non-hydrogen) atoms. The van der Waals surface area contributed by atoms with Gasteiger partial charge in [-0.2, -0.15) is 17.0 Å². The molecule has 2 aromatic rings. The fourth-order valence-corrected chi connectivity index (χ4v) is 5.82. The molecule has 0 unspecified atom stereocenters. The number of aromatic nitrogens is 3. The molecule has 1 spiro atoms. The quantitative estimate of drug-likeness (QED) is 0.556. The highest BCUT2D eigenvalue weighted by atomic mass is 32.2. The molecule has 0 aromatic carbocycles. The van der Waals surface area contributed by atoms with Gasteiger partial charge in [-0.15, -0.1) is 0 Å². The Bertz CT molecular complexity index is 907. The molecule has 1 saturated carbocycles. The van der Waals surface area contributed by atoms with Crippen LogP contribution in [0.3, 0.4) is 0 Å². The van der Waals surface area contributed by atoms with Gasteiger partial charge >= 0.3 is 0 Å². The molecule has 0 atom stereocenters. The number of rotatable bonds is 7. The predicted molar refractivity (Wildman–Crippen MR) is 99.4 cm³/mol. The Kier molecular flexibility index (Phi) is 4.80. The molecule has 1 saturated heterocycles. The molecule has 0 amide bonds. The second-order valence-corrected chi connectivity index (χ2v) is 8.86. The average molecular weight is 396 g/mol. The van der Waals surface area contributed by atoms with Crippen LogP contribution in [0.1, 0.15) is 12.8 Å². The number of H-pyrrole nitrogens is 1. The molecule has 2 fully saturated rings. The van der Waals surface area contributed by atoms with Crippen LogP contribution >= 0.6 is 0 Å². The van der Waals surface area contributed by atoms with Crippen molar-refractivity contribution in [3.8, 4) is 0 Å². The van der Waals surface area contributed by atoms with Gasteiger partial charge in [0.05, 0.1) is 24.1 Å². The maximum absolute atomic E-state index is 13.1. The first kappa shape index (κ1) is 18.6. The first-order valence-electron chi connectivity index (χ1n) is 9.04. The highest BCUT2D eigenvalue weighted by Crippen LogP contribution is 2.47. The van der Waals surface area contributed by atoms with E-state index in [-0.39, 0.29) is 26.3 Å². The zero-order valence-electron chi connectivity index (χ0n) is 15.0. The highest BCUT2D eigenvalue weighted by Gasteiger charge is 2.57. The van der Waals surface area contributed by atoms with Gasteiger partial charge in [-0.25, -0.2) is 9.97 Å². The summed E-state index contributed by atoms with van der Waals surface area (Å²) in [6, 6.07) is 1.93. The monoisotopic (exact) mass is 396 g/mol. The number of fused-ring (bicyclic) bond motifs is 1. The van der Waals surface area contributed by atoms with Crippen molar-refractivity contribution < 1.29 is 18.6 Å². The standard InChI is InChI=1S/C16H24N6O4S/c23-9-7-21(8-10-24)27(25,26)22-6-5-20(11-16(22)2-3-16)15-13-1-4-17-14(13)18-12-19-15/h1,4,12,23-24H,2-3,5-11H2,(H,17,18,19). The Morgan fingerprint density at radius 2 is 1.93 bits per heavy atom. The fourth-order valence-electron chi connectivity index (χ4n) is 3.87. The molecule has 4 rings (SSSR count). The molecule has 11 heteroatoms. The van der Waals surface area contributed by atoms with E-state index in [9.17, 15) is 18.6 Å². The Balaban J connectivity index is 1.59. The minimum absolute atomic E-state index is 0.0188. The molecule has 148 valence electrons. The van der Waals surface area contributed by atoms with Gasteiger partial charge in [0.25, 0.3) is 10.2 Å². The first-order chi connectivity index (χ1) is 13.0.